The molecule has 2 aliphatic rings. The first-order valence-electron chi connectivity index (χ1n) is 10.5. The van der Waals surface area contributed by atoms with Crippen LogP contribution < -0.4 is 14.8 Å². The molecule has 0 aromatic heterocycles. The fraction of sp³-hybridized carbons (Fsp3) is 0.600. The highest BCUT2D eigenvalue weighted by Gasteiger charge is 2.43. The highest BCUT2D eigenvalue weighted by molar-refractivity contribution is 7.89. The number of sulfonamides is 1. The Balaban J connectivity index is 1.56. The molecule has 184 valence electrons. The number of hydrogen-bond donors (Lipinski definition) is 2. The van der Waals surface area contributed by atoms with E-state index in [0.29, 0.717) is 25.4 Å². The average Bonchev–Trinajstić information content (AvgIpc) is 3.48. The van der Waals surface area contributed by atoms with Gasteiger partial charge in [0.15, 0.2) is 0 Å². The van der Waals surface area contributed by atoms with Gasteiger partial charge < -0.3 is 9.64 Å². The summed E-state index contributed by atoms with van der Waals surface area (Å²) in [4.78, 5) is 23.9. The molecule has 0 bridgehead atoms. The molecular weight excluding hydrogens is 487 g/mol. The van der Waals surface area contributed by atoms with Crippen molar-refractivity contribution in [2.45, 2.75) is 44.3 Å². The molecule has 1 atom stereocenters. The maximum absolute atomic E-state index is 13.7. The number of rotatable bonds is 12. The second-order valence-electron chi connectivity index (χ2n) is 8.19. The second kappa shape index (κ2) is 10.5. The van der Waals surface area contributed by atoms with Crippen molar-refractivity contribution in [1.29, 1.82) is 0 Å². The highest BCUT2D eigenvalue weighted by atomic mass is 35.5. The minimum Gasteiger partial charge on any atom is -0.492 e. The Kier molecular flexibility index (Phi) is 8.12. The molecule has 33 heavy (non-hydrogen) atoms. The molecule has 1 saturated heterocycles. The summed E-state index contributed by atoms with van der Waals surface area (Å²) in [5.41, 5.74) is -0.314. The van der Waals surface area contributed by atoms with E-state index >= 15 is 0 Å². The Morgan fingerprint density at radius 3 is 2.55 bits per heavy atom. The topological polar surface area (TPSA) is 105 Å². The number of nitrogens with zero attached hydrogens (tertiary/aromatic N) is 1. The quantitative estimate of drug-likeness (QED) is 0.331. The summed E-state index contributed by atoms with van der Waals surface area (Å²) in [6.45, 7) is 0.545. The number of ether oxygens (including phenoxy) is 1. The van der Waals surface area contributed by atoms with Crippen LogP contribution in [0.3, 0.4) is 0 Å². The maximum atomic E-state index is 13.7. The summed E-state index contributed by atoms with van der Waals surface area (Å²) in [5, 5.41) is 2.28. The van der Waals surface area contributed by atoms with Crippen LogP contribution in [0.4, 0.5) is 18.0 Å². The molecule has 1 aromatic rings. The number of amides is 3. The van der Waals surface area contributed by atoms with Crippen molar-refractivity contribution in [2.75, 3.05) is 25.4 Å². The number of carbonyl (C=O) groups is 2. The Bertz CT molecular complexity index is 986. The van der Waals surface area contributed by atoms with Crippen molar-refractivity contribution in [3.63, 3.8) is 0 Å². The van der Waals surface area contributed by atoms with Crippen LogP contribution in [-0.2, 0) is 14.8 Å². The Morgan fingerprint density at radius 2 is 1.94 bits per heavy atom. The molecule has 2 fully saturated rings. The van der Waals surface area contributed by atoms with E-state index in [1.54, 1.807) is 4.72 Å². The first-order valence-corrected chi connectivity index (χ1v) is 12.6. The van der Waals surface area contributed by atoms with Gasteiger partial charge in [0.05, 0.1) is 17.4 Å². The monoisotopic (exact) mass is 511 g/mol. The summed E-state index contributed by atoms with van der Waals surface area (Å²) in [5.74, 6) is -0.474. The van der Waals surface area contributed by atoms with Crippen molar-refractivity contribution in [2.24, 2.45) is 5.92 Å². The predicted molar refractivity (Wildman–Crippen MR) is 114 cm³/mol. The van der Waals surface area contributed by atoms with Crippen LogP contribution in [0.1, 0.15) is 43.7 Å². The molecule has 1 aliphatic heterocycles. The van der Waals surface area contributed by atoms with Gasteiger partial charge in [0.2, 0.25) is 15.9 Å². The van der Waals surface area contributed by atoms with Crippen LogP contribution in [-0.4, -0.2) is 56.9 Å². The number of nitrogens with one attached hydrogen (secondary N) is 2. The Morgan fingerprint density at radius 1 is 1.21 bits per heavy atom. The summed E-state index contributed by atoms with van der Waals surface area (Å²) >= 11 is 6.02. The molecule has 0 radical (unpaired) electrons. The SMILES string of the molecule is O=C1CN(CCCCCS(=O)(=O)N[C@@H](c2ccc(Cl)c(OCC3CC3)c2)C(F)(F)F)C(=O)N1. The Hall–Kier alpha value is -2.05. The van der Waals surface area contributed by atoms with Crippen molar-refractivity contribution < 1.29 is 35.9 Å². The molecule has 1 heterocycles. The zero-order valence-electron chi connectivity index (χ0n) is 17.7. The van der Waals surface area contributed by atoms with Gasteiger partial charge in [-0.2, -0.15) is 17.9 Å². The van der Waals surface area contributed by atoms with Gasteiger partial charge in [-0.1, -0.05) is 24.1 Å². The van der Waals surface area contributed by atoms with Crippen LogP contribution in [0.5, 0.6) is 5.75 Å². The van der Waals surface area contributed by atoms with Crippen molar-refractivity contribution in [3.8, 4) is 5.75 Å². The van der Waals surface area contributed by atoms with Gasteiger partial charge in [0, 0.05) is 6.54 Å². The number of alkyl halides is 3. The lowest BCUT2D eigenvalue weighted by Gasteiger charge is -2.23. The van der Waals surface area contributed by atoms with Crippen LogP contribution in [0.25, 0.3) is 0 Å². The van der Waals surface area contributed by atoms with Gasteiger partial charge in [-0.05, 0) is 49.3 Å². The number of benzene rings is 1. The maximum Gasteiger partial charge on any atom is 0.408 e. The van der Waals surface area contributed by atoms with E-state index in [1.165, 1.54) is 11.0 Å². The average molecular weight is 512 g/mol. The molecule has 13 heteroatoms. The van der Waals surface area contributed by atoms with Gasteiger partial charge in [0.25, 0.3) is 0 Å². The minimum atomic E-state index is -4.87. The molecule has 3 amide bonds. The summed E-state index contributed by atoms with van der Waals surface area (Å²) < 4.78 is 73.1. The van der Waals surface area contributed by atoms with E-state index in [2.05, 4.69) is 5.32 Å². The van der Waals surface area contributed by atoms with Gasteiger partial charge in [-0.3, -0.25) is 10.1 Å². The van der Waals surface area contributed by atoms with E-state index < -0.39 is 39.9 Å². The summed E-state index contributed by atoms with van der Waals surface area (Å²) in [6, 6.07) is 0.544. The number of imide groups is 1. The number of urea groups is 1. The van der Waals surface area contributed by atoms with Gasteiger partial charge in [0.1, 0.15) is 18.3 Å². The van der Waals surface area contributed by atoms with E-state index in [1.807, 2.05) is 0 Å². The number of carbonyl (C=O) groups excluding carboxylic acids is 2. The smallest absolute Gasteiger partial charge is 0.408 e. The fourth-order valence-corrected chi connectivity index (χ4v) is 4.80. The molecule has 1 aromatic carbocycles. The second-order valence-corrected chi connectivity index (χ2v) is 10.5. The number of unbranched alkanes of at least 4 members (excludes halogenated alkanes) is 2. The van der Waals surface area contributed by atoms with E-state index in [9.17, 15) is 31.2 Å². The number of hydrogen-bond acceptors (Lipinski definition) is 5. The third-order valence-electron chi connectivity index (χ3n) is 5.29. The van der Waals surface area contributed by atoms with Crippen LogP contribution in [0, 0.1) is 5.92 Å². The molecule has 1 aliphatic carbocycles. The van der Waals surface area contributed by atoms with Crippen LogP contribution in [0.15, 0.2) is 18.2 Å². The normalized spacial score (nSPS) is 17.9. The predicted octanol–water partition coefficient (Wildman–Crippen LogP) is 3.37. The summed E-state index contributed by atoms with van der Waals surface area (Å²) in [7, 11) is -4.26. The van der Waals surface area contributed by atoms with Gasteiger partial charge >= 0.3 is 12.2 Å². The molecule has 0 unspecified atom stereocenters. The van der Waals surface area contributed by atoms with Crippen LogP contribution >= 0.6 is 11.6 Å². The zero-order valence-corrected chi connectivity index (χ0v) is 19.2. The summed E-state index contributed by atoms with van der Waals surface area (Å²) in [6.07, 6.45) is -2.02. The van der Waals surface area contributed by atoms with Crippen molar-refractivity contribution >= 4 is 33.6 Å². The lowest BCUT2D eigenvalue weighted by molar-refractivity contribution is -0.153. The van der Waals surface area contributed by atoms with E-state index in [4.69, 9.17) is 16.3 Å². The molecule has 1 saturated carbocycles. The third-order valence-corrected chi connectivity index (χ3v) is 7.03. The van der Waals surface area contributed by atoms with E-state index in [-0.39, 0.29) is 35.8 Å². The van der Waals surface area contributed by atoms with Crippen LogP contribution in [0.2, 0.25) is 5.02 Å². The van der Waals surface area contributed by atoms with Crippen molar-refractivity contribution in [1.82, 2.24) is 14.9 Å². The first kappa shape index (κ1) is 25.6. The largest absolute Gasteiger partial charge is 0.492 e. The van der Waals surface area contributed by atoms with E-state index in [0.717, 1.165) is 25.0 Å². The molecule has 3 rings (SSSR count). The first-order chi connectivity index (χ1) is 15.4. The standard InChI is InChI=1S/C20H25ClF3N3O5S/c21-15-7-6-14(10-16(15)32-12-13-4-5-13)18(20(22,23)24)26-33(30,31)9-3-1-2-8-27-11-17(28)25-19(27)29/h6-7,10,13,18,26H,1-5,8-9,11-12H2,(H,25,28,29)/t18-/m0/s1. The fourth-order valence-electron chi connectivity index (χ4n) is 3.30. The lowest BCUT2D eigenvalue weighted by atomic mass is 10.1. The van der Waals surface area contributed by atoms with Crippen molar-refractivity contribution in [3.05, 3.63) is 28.8 Å². The third kappa shape index (κ3) is 7.75. The zero-order chi connectivity index (χ0) is 24.2. The molecule has 8 nitrogen and oxygen atoms in total. The van der Waals surface area contributed by atoms with Gasteiger partial charge in [-0.25, -0.2) is 13.2 Å². The Labute approximate surface area is 194 Å². The minimum absolute atomic E-state index is 0.0561. The molecule has 2 N–H and O–H groups in total. The van der Waals surface area contributed by atoms with Gasteiger partial charge in [-0.15, -0.1) is 0 Å². The highest BCUT2D eigenvalue weighted by Crippen LogP contribution is 2.38. The lowest BCUT2D eigenvalue weighted by Crippen LogP contribution is -2.39. The number of halogens is 4. The molecular formula is C20H25ClF3N3O5S. The molecule has 0 spiro atoms.